The fourth-order valence-corrected chi connectivity index (χ4v) is 2.12. The molecule has 0 radical (unpaired) electrons. The van der Waals surface area contributed by atoms with Crippen molar-refractivity contribution in [3.63, 3.8) is 0 Å². The maximum Gasteiger partial charge on any atom is 0.433 e. The minimum absolute atomic E-state index is 0.0396. The van der Waals surface area contributed by atoms with Crippen molar-refractivity contribution in [3.8, 4) is 0 Å². The average Bonchev–Trinajstić information content (AvgIpc) is 3.31. The Bertz CT molecular complexity index is 772. The van der Waals surface area contributed by atoms with E-state index in [9.17, 15) is 18.0 Å². The van der Waals surface area contributed by atoms with Crippen LogP contribution in [0.2, 0.25) is 0 Å². The maximum atomic E-state index is 13.0. The molecule has 1 aromatic heterocycles. The highest BCUT2D eigenvalue weighted by atomic mass is 19.4. The lowest BCUT2D eigenvalue weighted by Gasteiger charge is -2.13. The Morgan fingerprint density at radius 3 is 2.32 bits per heavy atom. The third-order valence-electron chi connectivity index (χ3n) is 3.40. The number of rotatable bonds is 5. The number of nitrogens with zero attached hydrogens (tertiary/aromatic N) is 2. The van der Waals surface area contributed by atoms with Crippen molar-refractivity contribution in [2.75, 3.05) is 16.0 Å². The fourth-order valence-electron chi connectivity index (χ4n) is 2.12. The van der Waals surface area contributed by atoms with E-state index in [2.05, 4.69) is 25.9 Å². The highest BCUT2D eigenvalue weighted by Crippen LogP contribution is 2.31. The zero-order valence-electron chi connectivity index (χ0n) is 13.3. The number of hydrogen-bond acceptors (Lipinski definition) is 5. The Morgan fingerprint density at radius 1 is 1.12 bits per heavy atom. The molecule has 6 nitrogen and oxygen atoms in total. The molecule has 9 heteroatoms. The van der Waals surface area contributed by atoms with Crippen LogP contribution in [0.4, 0.5) is 36.3 Å². The molecular formula is C16H16F3N5O. The molecule has 132 valence electrons. The molecule has 1 aliphatic rings. The van der Waals surface area contributed by atoms with Crippen LogP contribution in [0.1, 0.15) is 25.5 Å². The summed E-state index contributed by atoms with van der Waals surface area (Å²) in [6.45, 7) is 1.39. The van der Waals surface area contributed by atoms with Crippen LogP contribution in [-0.2, 0) is 11.0 Å². The molecule has 2 aromatic rings. The van der Waals surface area contributed by atoms with Crippen LogP contribution in [0.15, 0.2) is 30.3 Å². The van der Waals surface area contributed by atoms with Gasteiger partial charge in [0.05, 0.1) is 0 Å². The number of carbonyl (C=O) groups is 1. The van der Waals surface area contributed by atoms with Crippen LogP contribution in [0.25, 0.3) is 0 Å². The van der Waals surface area contributed by atoms with Gasteiger partial charge in [-0.15, -0.1) is 0 Å². The van der Waals surface area contributed by atoms with Crippen LogP contribution in [0.3, 0.4) is 0 Å². The topological polar surface area (TPSA) is 78.9 Å². The van der Waals surface area contributed by atoms with E-state index in [-0.39, 0.29) is 23.7 Å². The zero-order valence-corrected chi connectivity index (χ0v) is 13.3. The van der Waals surface area contributed by atoms with E-state index in [1.165, 1.54) is 6.92 Å². The van der Waals surface area contributed by atoms with Crippen molar-refractivity contribution >= 4 is 29.0 Å². The summed E-state index contributed by atoms with van der Waals surface area (Å²) in [4.78, 5) is 18.6. The Hall–Kier alpha value is -2.84. The van der Waals surface area contributed by atoms with Gasteiger partial charge >= 0.3 is 6.18 Å². The zero-order chi connectivity index (χ0) is 18.0. The summed E-state index contributed by atoms with van der Waals surface area (Å²) in [5.74, 6) is -0.213. The third-order valence-corrected chi connectivity index (χ3v) is 3.40. The second kappa shape index (κ2) is 6.58. The Labute approximate surface area is 141 Å². The predicted molar refractivity (Wildman–Crippen MR) is 87.7 cm³/mol. The third kappa shape index (κ3) is 4.82. The monoisotopic (exact) mass is 351 g/mol. The van der Waals surface area contributed by atoms with E-state index < -0.39 is 11.9 Å². The molecule has 0 saturated heterocycles. The van der Waals surface area contributed by atoms with E-state index in [4.69, 9.17) is 0 Å². The van der Waals surface area contributed by atoms with Crippen LogP contribution < -0.4 is 16.0 Å². The summed E-state index contributed by atoms with van der Waals surface area (Å²) in [7, 11) is 0. The predicted octanol–water partition coefficient (Wildman–Crippen LogP) is 3.77. The van der Waals surface area contributed by atoms with Crippen LogP contribution in [0.5, 0.6) is 0 Å². The maximum absolute atomic E-state index is 13.0. The molecule has 25 heavy (non-hydrogen) atoms. The van der Waals surface area contributed by atoms with Gasteiger partial charge < -0.3 is 16.0 Å². The Morgan fingerprint density at radius 2 is 1.76 bits per heavy atom. The smallest absolute Gasteiger partial charge is 0.351 e. The highest BCUT2D eigenvalue weighted by Gasteiger charge is 2.34. The minimum Gasteiger partial charge on any atom is -0.351 e. The lowest BCUT2D eigenvalue weighted by molar-refractivity contribution is -0.141. The summed E-state index contributed by atoms with van der Waals surface area (Å²) in [5.41, 5.74) is 0.120. The molecule has 0 unspecified atom stereocenters. The molecule has 3 N–H and O–H groups in total. The second-order valence-corrected chi connectivity index (χ2v) is 5.76. The summed E-state index contributed by atoms with van der Waals surface area (Å²) in [6, 6.07) is 7.54. The van der Waals surface area contributed by atoms with Gasteiger partial charge in [-0.05, 0) is 37.1 Å². The molecule has 0 spiro atoms. The first-order valence-corrected chi connectivity index (χ1v) is 7.67. The van der Waals surface area contributed by atoms with Gasteiger partial charge in [0.25, 0.3) is 0 Å². The molecule has 0 bridgehead atoms. The first kappa shape index (κ1) is 17.0. The van der Waals surface area contributed by atoms with Crippen molar-refractivity contribution < 1.29 is 18.0 Å². The standard InChI is InChI=1S/C16H16F3N5O/c1-9(25)20-10-2-4-11(5-3-10)21-14-8-13(16(17,18)19)23-15(24-14)22-12-6-7-12/h2-5,8,12H,6-7H2,1H3,(H,20,25)(H2,21,22,23,24). The lowest BCUT2D eigenvalue weighted by atomic mass is 10.2. The molecule has 0 aliphatic heterocycles. The molecule has 1 aromatic carbocycles. The molecular weight excluding hydrogens is 335 g/mol. The molecule has 1 amide bonds. The van der Waals surface area contributed by atoms with Gasteiger partial charge in [0.15, 0.2) is 5.69 Å². The number of nitrogens with one attached hydrogen (secondary N) is 3. The molecule has 3 rings (SSSR count). The van der Waals surface area contributed by atoms with Crippen molar-refractivity contribution in [2.24, 2.45) is 0 Å². The number of amides is 1. The van der Waals surface area contributed by atoms with Gasteiger partial charge in [-0.1, -0.05) is 0 Å². The molecule has 1 aliphatic carbocycles. The lowest BCUT2D eigenvalue weighted by Crippen LogP contribution is -2.14. The quantitative estimate of drug-likeness (QED) is 0.764. The van der Waals surface area contributed by atoms with Gasteiger partial charge in [-0.2, -0.15) is 18.2 Å². The fraction of sp³-hybridized carbons (Fsp3) is 0.312. The van der Waals surface area contributed by atoms with Crippen molar-refractivity contribution in [2.45, 2.75) is 32.0 Å². The van der Waals surface area contributed by atoms with E-state index >= 15 is 0 Å². The first-order chi connectivity index (χ1) is 11.8. The molecule has 1 fully saturated rings. The summed E-state index contributed by atoms with van der Waals surface area (Å²) < 4.78 is 39.1. The summed E-state index contributed by atoms with van der Waals surface area (Å²) >= 11 is 0. The van der Waals surface area contributed by atoms with E-state index in [0.29, 0.717) is 11.4 Å². The normalized spacial score (nSPS) is 14.1. The van der Waals surface area contributed by atoms with Crippen molar-refractivity contribution in [1.29, 1.82) is 0 Å². The SMILES string of the molecule is CC(=O)Nc1ccc(Nc2cc(C(F)(F)F)nc(NC3CC3)n2)cc1. The summed E-state index contributed by atoms with van der Waals surface area (Å²) in [5, 5.41) is 8.31. The minimum atomic E-state index is -4.56. The van der Waals surface area contributed by atoms with E-state index in [0.717, 1.165) is 18.9 Å². The number of anilines is 4. The number of halogens is 3. The van der Waals surface area contributed by atoms with Gasteiger partial charge in [0.2, 0.25) is 11.9 Å². The Balaban J connectivity index is 1.81. The molecule has 1 heterocycles. The van der Waals surface area contributed by atoms with Crippen LogP contribution in [0, 0.1) is 0 Å². The van der Waals surface area contributed by atoms with Crippen LogP contribution >= 0.6 is 0 Å². The first-order valence-electron chi connectivity index (χ1n) is 7.67. The summed E-state index contributed by atoms with van der Waals surface area (Å²) in [6.07, 6.45) is -2.77. The van der Waals surface area contributed by atoms with Gasteiger partial charge in [0, 0.05) is 30.4 Å². The largest absolute Gasteiger partial charge is 0.433 e. The van der Waals surface area contributed by atoms with E-state index in [1.54, 1.807) is 24.3 Å². The molecule has 1 saturated carbocycles. The van der Waals surface area contributed by atoms with Gasteiger partial charge in [-0.25, -0.2) is 4.98 Å². The number of aromatic nitrogens is 2. The van der Waals surface area contributed by atoms with Crippen molar-refractivity contribution in [1.82, 2.24) is 9.97 Å². The highest BCUT2D eigenvalue weighted by molar-refractivity contribution is 5.88. The van der Waals surface area contributed by atoms with Crippen LogP contribution in [-0.4, -0.2) is 21.9 Å². The van der Waals surface area contributed by atoms with Crippen molar-refractivity contribution in [3.05, 3.63) is 36.0 Å². The van der Waals surface area contributed by atoms with Gasteiger partial charge in [0.1, 0.15) is 5.82 Å². The second-order valence-electron chi connectivity index (χ2n) is 5.76. The number of alkyl halides is 3. The molecule has 0 atom stereocenters. The number of carbonyl (C=O) groups excluding carboxylic acids is 1. The number of hydrogen-bond donors (Lipinski definition) is 3. The number of benzene rings is 1. The Kier molecular flexibility index (Phi) is 4.47. The van der Waals surface area contributed by atoms with E-state index in [1.807, 2.05) is 0 Å². The average molecular weight is 351 g/mol. The van der Waals surface area contributed by atoms with Gasteiger partial charge in [-0.3, -0.25) is 4.79 Å².